The van der Waals surface area contributed by atoms with Crippen LogP contribution in [-0.2, 0) is 6.54 Å². The van der Waals surface area contributed by atoms with Crippen LogP contribution in [-0.4, -0.2) is 27.8 Å². The number of hydrogen-bond acceptors (Lipinski definition) is 5. The van der Waals surface area contributed by atoms with Gasteiger partial charge in [0.2, 0.25) is 0 Å². The van der Waals surface area contributed by atoms with Gasteiger partial charge in [0.15, 0.2) is 0 Å². The molecule has 2 aromatic heterocycles. The van der Waals surface area contributed by atoms with E-state index in [0.29, 0.717) is 5.76 Å². The highest BCUT2D eigenvalue weighted by atomic mass is 35.5. The topological polar surface area (TPSA) is 89.5 Å². The molecule has 2 rings (SSSR count). The molecule has 7 nitrogen and oxygen atoms in total. The summed E-state index contributed by atoms with van der Waals surface area (Å²) < 4.78 is 5.38. The Kier molecular flexibility index (Phi) is 4.23. The maximum atomic E-state index is 12.3. The summed E-state index contributed by atoms with van der Waals surface area (Å²) in [5, 5.41) is 10.7. The second-order valence-electron chi connectivity index (χ2n) is 4.46. The molecular formula is C13H12ClN3O4. The van der Waals surface area contributed by atoms with E-state index in [9.17, 15) is 14.9 Å². The van der Waals surface area contributed by atoms with Crippen molar-refractivity contribution in [2.45, 2.75) is 13.5 Å². The quantitative estimate of drug-likeness (QED) is 0.492. The van der Waals surface area contributed by atoms with Gasteiger partial charge in [0, 0.05) is 13.1 Å². The molecule has 1 amide bonds. The van der Waals surface area contributed by atoms with Crippen LogP contribution in [0.5, 0.6) is 0 Å². The highest BCUT2D eigenvalue weighted by Gasteiger charge is 2.20. The third-order valence-corrected chi connectivity index (χ3v) is 3.10. The van der Waals surface area contributed by atoms with E-state index in [0.717, 1.165) is 18.0 Å². The van der Waals surface area contributed by atoms with Gasteiger partial charge in [-0.05, 0) is 19.1 Å². The fraction of sp³-hybridized carbons (Fsp3) is 0.231. The van der Waals surface area contributed by atoms with Crippen molar-refractivity contribution in [3.8, 4) is 0 Å². The molecular weight excluding hydrogens is 298 g/mol. The van der Waals surface area contributed by atoms with Crippen LogP contribution in [0, 0.1) is 17.0 Å². The minimum atomic E-state index is -0.629. The molecule has 0 fully saturated rings. The highest BCUT2D eigenvalue weighted by Crippen LogP contribution is 2.21. The number of carbonyl (C=O) groups is 1. The fourth-order valence-electron chi connectivity index (χ4n) is 1.77. The molecule has 21 heavy (non-hydrogen) atoms. The number of furan rings is 1. The summed E-state index contributed by atoms with van der Waals surface area (Å²) >= 11 is 5.84. The Morgan fingerprint density at radius 1 is 1.52 bits per heavy atom. The lowest BCUT2D eigenvalue weighted by Gasteiger charge is -2.16. The van der Waals surface area contributed by atoms with Crippen LogP contribution in [0.15, 0.2) is 28.8 Å². The van der Waals surface area contributed by atoms with Gasteiger partial charge in [-0.15, -0.1) is 0 Å². The first-order chi connectivity index (χ1) is 9.88. The fourth-order valence-corrected chi connectivity index (χ4v) is 1.95. The predicted octanol–water partition coefficient (Wildman–Crippen LogP) is 2.82. The summed E-state index contributed by atoms with van der Waals surface area (Å²) in [6, 6.07) is 4.66. The summed E-state index contributed by atoms with van der Waals surface area (Å²) in [4.78, 5) is 27.4. The molecule has 0 N–H and O–H groups in total. The molecule has 8 heteroatoms. The lowest BCUT2D eigenvalue weighted by atomic mass is 10.2. The summed E-state index contributed by atoms with van der Waals surface area (Å²) in [6.45, 7) is 2.03. The van der Waals surface area contributed by atoms with Gasteiger partial charge in [-0.25, -0.2) is 4.98 Å². The van der Waals surface area contributed by atoms with E-state index >= 15 is 0 Å². The van der Waals surface area contributed by atoms with Crippen LogP contribution in [0.2, 0.25) is 5.15 Å². The van der Waals surface area contributed by atoms with Gasteiger partial charge in [-0.3, -0.25) is 14.9 Å². The minimum absolute atomic E-state index is 0.0170. The zero-order valence-electron chi connectivity index (χ0n) is 11.4. The van der Waals surface area contributed by atoms with Gasteiger partial charge >= 0.3 is 0 Å². The average Bonchev–Trinajstić information content (AvgIpc) is 2.83. The Morgan fingerprint density at radius 3 is 2.81 bits per heavy atom. The van der Waals surface area contributed by atoms with Crippen LogP contribution < -0.4 is 0 Å². The Balaban J connectivity index is 2.22. The van der Waals surface area contributed by atoms with Crippen LogP contribution in [0.25, 0.3) is 0 Å². The summed E-state index contributed by atoms with van der Waals surface area (Å²) in [5.41, 5.74) is -0.304. The zero-order valence-corrected chi connectivity index (χ0v) is 12.1. The van der Waals surface area contributed by atoms with E-state index in [1.54, 1.807) is 26.1 Å². The minimum Gasteiger partial charge on any atom is -0.464 e. The molecule has 0 saturated carbocycles. The Labute approximate surface area is 125 Å². The van der Waals surface area contributed by atoms with Crippen LogP contribution in [0.4, 0.5) is 5.69 Å². The van der Waals surface area contributed by atoms with Gasteiger partial charge in [-0.1, -0.05) is 11.6 Å². The third kappa shape index (κ3) is 3.38. The molecule has 0 aliphatic heterocycles. The molecule has 0 spiro atoms. The Morgan fingerprint density at radius 2 is 2.24 bits per heavy atom. The number of nitrogens with zero attached hydrogens (tertiary/aromatic N) is 3. The smallest absolute Gasteiger partial charge is 0.288 e. The van der Waals surface area contributed by atoms with Crippen molar-refractivity contribution >= 4 is 23.2 Å². The largest absolute Gasteiger partial charge is 0.464 e. The number of nitro groups is 1. The third-order valence-electron chi connectivity index (χ3n) is 2.80. The number of carbonyl (C=O) groups excluding carboxylic acids is 1. The normalized spacial score (nSPS) is 10.4. The highest BCUT2D eigenvalue weighted by molar-refractivity contribution is 6.32. The zero-order chi connectivity index (χ0) is 15.6. The number of halogens is 1. The maximum Gasteiger partial charge on any atom is 0.288 e. The van der Waals surface area contributed by atoms with Gasteiger partial charge < -0.3 is 9.32 Å². The molecule has 0 aromatic carbocycles. The average molecular weight is 310 g/mol. The van der Waals surface area contributed by atoms with E-state index < -0.39 is 10.8 Å². The van der Waals surface area contributed by atoms with Gasteiger partial charge in [0.25, 0.3) is 11.6 Å². The molecule has 110 valence electrons. The van der Waals surface area contributed by atoms with Crippen LogP contribution in [0.3, 0.4) is 0 Å². The van der Waals surface area contributed by atoms with Crippen LogP contribution in [0.1, 0.15) is 21.9 Å². The molecule has 0 aliphatic carbocycles. The number of pyridine rings is 1. The lowest BCUT2D eigenvalue weighted by molar-refractivity contribution is -0.385. The predicted molar refractivity (Wildman–Crippen MR) is 75.1 cm³/mol. The van der Waals surface area contributed by atoms with Gasteiger partial charge in [0.05, 0.1) is 17.0 Å². The van der Waals surface area contributed by atoms with Crippen molar-refractivity contribution in [3.63, 3.8) is 0 Å². The number of rotatable bonds is 4. The van der Waals surface area contributed by atoms with Crippen molar-refractivity contribution in [1.82, 2.24) is 9.88 Å². The molecule has 0 atom stereocenters. The van der Waals surface area contributed by atoms with Crippen molar-refractivity contribution in [2.24, 2.45) is 0 Å². The first-order valence-corrected chi connectivity index (χ1v) is 6.37. The first kappa shape index (κ1) is 15.0. The number of aromatic nitrogens is 1. The molecule has 0 bridgehead atoms. The van der Waals surface area contributed by atoms with Crippen LogP contribution >= 0.6 is 11.6 Å². The van der Waals surface area contributed by atoms with Crippen molar-refractivity contribution < 1.29 is 14.1 Å². The lowest BCUT2D eigenvalue weighted by Crippen LogP contribution is -2.26. The molecule has 0 radical (unpaired) electrons. The Bertz CT molecular complexity index is 698. The summed E-state index contributed by atoms with van der Waals surface area (Å²) in [5.74, 6) is 0.879. The maximum absolute atomic E-state index is 12.3. The van der Waals surface area contributed by atoms with Gasteiger partial charge in [-0.2, -0.15) is 0 Å². The van der Waals surface area contributed by atoms with Crippen molar-refractivity contribution in [2.75, 3.05) is 7.05 Å². The molecule has 0 saturated heterocycles. The van der Waals surface area contributed by atoms with Crippen molar-refractivity contribution in [1.29, 1.82) is 0 Å². The number of aryl methyl sites for hydroxylation is 1. The Hall–Kier alpha value is -2.41. The molecule has 2 heterocycles. The van der Waals surface area contributed by atoms with E-state index in [1.165, 1.54) is 4.90 Å². The van der Waals surface area contributed by atoms with E-state index in [-0.39, 0.29) is 22.9 Å². The number of amides is 1. The first-order valence-electron chi connectivity index (χ1n) is 5.99. The van der Waals surface area contributed by atoms with Crippen molar-refractivity contribution in [3.05, 3.63) is 56.7 Å². The summed E-state index contributed by atoms with van der Waals surface area (Å²) in [6.07, 6.45) is 1.01. The SMILES string of the molecule is Cc1ccc(CN(C)C(=O)c2cc([N+](=O)[O-])cnc2Cl)o1. The second-order valence-corrected chi connectivity index (χ2v) is 4.82. The molecule has 0 unspecified atom stereocenters. The van der Waals surface area contributed by atoms with Gasteiger partial charge in [0.1, 0.15) is 22.9 Å². The monoisotopic (exact) mass is 309 g/mol. The van der Waals surface area contributed by atoms with E-state index in [2.05, 4.69) is 4.98 Å². The summed E-state index contributed by atoms with van der Waals surface area (Å²) in [7, 11) is 1.55. The molecule has 0 aliphatic rings. The second kappa shape index (κ2) is 5.92. The molecule has 2 aromatic rings. The van der Waals surface area contributed by atoms with E-state index in [1.807, 2.05) is 0 Å². The standard InChI is InChI=1S/C13H12ClN3O4/c1-8-3-4-10(21-8)7-16(2)13(18)11-5-9(17(19)20)6-15-12(11)14/h3-6H,7H2,1-2H3. The van der Waals surface area contributed by atoms with E-state index in [4.69, 9.17) is 16.0 Å². The number of hydrogen-bond donors (Lipinski definition) is 0.